The summed E-state index contributed by atoms with van der Waals surface area (Å²) >= 11 is 0. The lowest BCUT2D eigenvalue weighted by atomic mass is 9.90. The first-order valence-corrected chi connectivity index (χ1v) is 6.82. The van der Waals surface area contributed by atoms with E-state index in [1.165, 1.54) is 12.8 Å². The molecule has 0 aromatic rings. The second-order valence-electron chi connectivity index (χ2n) is 6.21. The lowest BCUT2D eigenvalue weighted by Crippen LogP contribution is -2.30. The number of hydrogen-bond acceptors (Lipinski definition) is 3. The molecule has 1 N–H and O–H groups in total. The Morgan fingerprint density at radius 1 is 1.35 bits per heavy atom. The molecule has 0 aromatic carbocycles. The van der Waals surface area contributed by atoms with Crippen LogP contribution < -0.4 is 5.32 Å². The molecule has 17 heavy (non-hydrogen) atoms. The Labute approximate surface area is 105 Å². The molecule has 1 unspecified atom stereocenters. The summed E-state index contributed by atoms with van der Waals surface area (Å²) in [7, 11) is 0. The SMILES string of the molecule is CC(CCC1CCNCC1)C(=O)OC(C)(C)C. The fraction of sp³-hybridized carbons (Fsp3) is 0.929. The van der Waals surface area contributed by atoms with E-state index in [4.69, 9.17) is 4.74 Å². The molecule has 1 heterocycles. The standard InChI is InChI=1S/C14H27NO2/c1-11(13(16)17-14(2,3)4)5-6-12-7-9-15-10-8-12/h11-12,15H,5-10H2,1-4H3. The molecule has 0 spiro atoms. The molecular formula is C14H27NO2. The van der Waals surface area contributed by atoms with Crippen molar-refractivity contribution in [1.82, 2.24) is 5.32 Å². The van der Waals surface area contributed by atoms with E-state index in [1.807, 2.05) is 27.7 Å². The van der Waals surface area contributed by atoms with Gasteiger partial charge in [-0.05, 0) is 65.5 Å². The Morgan fingerprint density at radius 3 is 2.47 bits per heavy atom. The van der Waals surface area contributed by atoms with Gasteiger partial charge in [-0.25, -0.2) is 0 Å². The second kappa shape index (κ2) is 6.39. The second-order valence-corrected chi connectivity index (χ2v) is 6.21. The average Bonchev–Trinajstić information content (AvgIpc) is 2.25. The van der Waals surface area contributed by atoms with Crippen LogP contribution in [-0.2, 0) is 9.53 Å². The molecule has 100 valence electrons. The predicted octanol–water partition coefficient (Wildman–Crippen LogP) is 2.74. The molecule has 0 aromatic heterocycles. The number of rotatable bonds is 4. The maximum Gasteiger partial charge on any atom is 0.309 e. The summed E-state index contributed by atoms with van der Waals surface area (Å²) in [5.74, 6) is 0.775. The number of ether oxygens (including phenoxy) is 1. The quantitative estimate of drug-likeness (QED) is 0.769. The molecule has 1 aliphatic heterocycles. The summed E-state index contributed by atoms with van der Waals surface area (Å²) in [5, 5.41) is 3.36. The van der Waals surface area contributed by atoms with E-state index in [2.05, 4.69) is 5.32 Å². The van der Waals surface area contributed by atoms with Crippen molar-refractivity contribution in [2.75, 3.05) is 13.1 Å². The first-order valence-electron chi connectivity index (χ1n) is 6.82. The maximum atomic E-state index is 11.8. The van der Waals surface area contributed by atoms with Crippen LogP contribution in [0.5, 0.6) is 0 Å². The third-order valence-electron chi connectivity index (χ3n) is 3.28. The first kappa shape index (κ1) is 14.5. The highest BCUT2D eigenvalue weighted by Crippen LogP contribution is 2.22. The summed E-state index contributed by atoms with van der Waals surface area (Å²) in [4.78, 5) is 11.8. The van der Waals surface area contributed by atoms with Gasteiger partial charge in [-0.2, -0.15) is 0 Å². The molecule has 1 saturated heterocycles. The Kier molecular flexibility index (Phi) is 5.44. The van der Waals surface area contributed by atoms with Crippen LogP contribution >= 0.6 is 0 Å². The molecule has 0 radical (unpaired) electrons. The molecular weight excluding hydrogens is 214 g/mol. The van der Waals surface area contributed by atoms with Crippen LogP contribution in [0.4, 0.5) is 0 Å². The molecule has 0 amide bonds. The van der Waals surface area contributed by atoms with Crippen molar-refractivity contribution in [3.63, 3.8) is 0 Å². The van der Waals surface area contributed by atoms with Gasteiger partial charge in [-0.15, -0.1) is 0 Å². The zero-order chi connectivity index (χ0) is 12.9. The minimum atomic E-state index is -0.361. The van der Waals surface area contributed by atoms with Crippen LogP contribution in [0.3, 0.4) is 0 Å². The van der Waals surface area contributed by atoms with Gasteiger partial charge in [0.15, 0.2) is 0 Å². The average molecular weight is 241 g/mol. The molecule has 0 aliphatic carbocycles. The van der Waals surface area contributed by atoms with Gasteiger partial charge < -0.3 is 10.1 Å². The Hall–Kier alpha value is -0.570. The van der Waals surface area contributed by atoms with Gasteiger partial charge in [-0.3, -0.25) is 4.79 Å². The van der Waals surface area contributed by atoms with E-state index < -0.39 is 0 Å². The van der Waals surface area contributed by atoms with Gasteiger partial charge in [0.2, 0.25) is 0 Å². The van der Waals surface area contributed by atoms with Crippen molar-refractivity contribution in [1.29, 1.82) is 0 Å². The van der Waals surface area contributed by atoms with E-state index >= 15 is 0 Å². The Balaban J connectivity index is 2.23. The van der Waals surface area contributed by atoms with Crippen LogP contribution in [0.15, 0.2) is 0 Å². The molecule has 3 heteroatoms. The van der Waals surface area contributed by atoms with Gasteiger partial charge in [0.05, 0.1) is 5.92 Å². The normalized spacial score (nSPS) is 20.0. The van der Waals surface area contributed by atoms with Crippen molar-refractivity contribution in [3.8, 4) is 0 Å². The topological polar surface area (TPSA) is 38.3 Å². The lowest BCUT2D eigenvalue weighted by Gasteiger charge is -2.25. The molecule has 1 rings (SSSR count). The van der Waals surface area contributed by atoms with E-state index in [-0.39, 0.29) is 17.5 Å². The predicted molar refractivity (Wildman–Crippen MR) is 69.8 cm³/mol. The van der Waals surface area contributed by atoms with Gasteiger partial charge >= 0.3 is 5.97 Å². The first-order chi connectivity index (χ1) is 7.88. The fourth-order valence-electron chi connectivity index (χ4n) is 2.18. The zero-order valence-corrected chi connectivity index (χ0v) is 11.7. The van der Waals surface area contributed by atoms with Crippen molar-refractivity contribution in [2.24, 2.45) is 11.8 Å². The summed E-state index contributed by atoms with van der Waals surface area (Å²) in [6.07, 6.45) is 4.61. The van der Waals surface area contributed by atoms with Gasteiger partial charge in [0, 0.05) is 0 Å². The molecule has 3 nitrogen and oxygen atoms in total. The number of hydrogen-bond donors (Lipinski definition) is 1. The van der Waals surface area contributed by atoms with Crippen LogP contribution in [0.2, 0.25) is 0 Å². The van der Waals surface area contributed by atoms with E-state index in [0.717, 1.165) is 31.8 Å². The van der Waals surface area contributed by atoms with Crippen LogP contribution in [-0.4, -0.2) is 24.7 Å². The third-order valence-corrected chi connectivity index (χ3v) is 3.28. The van der Waals surface area contributed by atoms with Crippen molar-refractivity contribution in [2.45, 2.75) is 59.0 Å². The largest absolute Gasteiger partial charge is 0.460 e. The van der Waals surface area contributed by atoms with Crippen LogP contribution in [0, 0.1) is 11.8 Å². The van der Waals surface area contributed by atoms with E-state index in [9.17, 15) is 4.79 Å². The number of carbonyl (C=O) groups is 1. The number of esters is 1. The lowest BCUT2D eigenvalue weighted by molar-refractivity contribution is -0.159. The summed E-state index contributed by atoms with van der Waals surface area (Å²) in [6, 6.07) is 0. The summed E-state index contributed by atoms with van der Waals surface area (Å²) in [6.45, 7) is 10.0. The van der Waals surface area contributed by atoms with Crippen LogP contribution in [0.1, 0.15) is 53.4 Å². The zero-order valence-electron chi connectivity index (χ0n) is 11.7. The van der Waals surface area contributed by atoms with Crippen molar-refractivity contribution < 1.29 is 9.53 Å². The highest BCUT2D eigenvalue weighted by molar-refractivity contribution is 5.72. The molecule has 1 fully saturated rings. The van der Waals surface area contributed by atoms with E-state index in [1.54, 1.807) is 0 Å². The smallest absolute Gasteiger partial charge is 0.309 e. The summed E-state index contributed by atoms with van der Waals surface area (Å²) in [5.41, 5.74) is -0.361. The minimum absolute atomic E-state index is 0.0316. The van der Waals surface area contributed by atoms with Gasteiger partial charge in [-0.1, -0.05) is 6.92 Å². The van der Waals surface area contributed by atoms with Crippen LogP contribution in [0.25, 0.3) is 0 Å². The highest BCUT2D eigenvalue weighted by Gasteiger charge is 2.22. The summed E-state index contributed by atoms with van der Waals surface area (Å²) < 4.78 is 5.39. The number of nitrogens with one attached hydrogen (secondary N) is 1. The monoisotopic (exact) mass is 241 g/mol. The molecule has 0 bridgehead atoms. The number of piperidine rings is 1. The molecule has 1 aliphatic rings. The fourth-order valence-corrected chi connectivity index (χ4v) is 2.18. The van der Waals surface area contributed by atoms with Gasteiger partial charge in [0.1, 0.15) is 5.60 Å². The Morgan fingerprint density at radius 2 is 1.94 bits per heavy atom. The van der Waals surface area contributed by atoms with Crippen molar-refractivity contribution in [3.05, 3.63) is 0 Å². The minimum Gasteiger partial charge on any atom is -0.460 e. The maximum absolute atomic E-state index is 11.8. The van der Waals surface area contributed by atoms with Crippen molar-refractivity contribution >= 4 is 5.97 Å². The highest BCUT2D eigenvalue weighted by atomic mass is 16.6. The molecule has 0 saturated carbocycles. The third kappa shape index (κ3) is 6.06. The molecule has 1 atom stereocenters. The van der Waals surface area contributed by atoms with Gasteiger partial charge in [0.25, 0.3) is 0 Å². The van der Waals surface area contributed by atoms with E-state index in [0.29, 0.717) is 0 Å². The Bertz CT molecular complexity index is 239. The number of carbonyl (C=O) groups excluding carboxylic acids is 1.